The monoisotopic (exact) mass is 291 g/mol. The molecule has 0 radical (unpaired) electrons. The second kappa shape index (κ2) is 7.44. The van der Waals surface area contributed by atoms with Crippen LogP contribution >= 0.6 is 12.4 Å². The van der Waals surface area contributed by atoms with Crippen LogP contribution in [0.25, 0.3) is 0 Å². The summed E-state index contributed by atoms with van der Waals surface area (Å²) < 4.78 is 0. The van der Waals surface area contributed by atoms with Crippen LogP contribution in [-0.4, -0.2) is 24.1 Å². The van der Waals surface area contributed by atoms with Crippen LogP contribution in [0.1, 0.15) is 35.8 Å². The fraction of sp³-hybridized carbons (Fsp3) is 0.294. The molecule has 0 saturated carbocycles. The van der Waals surface area contributed by atoms with Crippen molar-refractivity contribution in [1.82, 2.24) is 4.90 Å². The van der Waals surface area contributed by atoms with Gasteiger partial charge in [-0.1, -0.05) is 54.6 Å². The Labute approximate surface area is 127 Å². The molecule has 0 aromatic heterocycles. The Bertz CT molecular complexity index is 528. The third kappa shape index (κ3) is 3.60. The van der Waals surface area contributed by atoms with Crippen molar-refractivity contribution >= 4 is 12.4 Å². The fourth-order valence-corrected chi connectivity index (χ4v) is 2.23. The van der Waals surface area contributed by atoms with Crippen molar-refractivity contribution < 1.29 is 5.11 Å². The summed E-state index contributed by atoms with van der Waals surface area (Å²) in [4.78, 5) is 2.15. The highest BCUT2D eigenvalue weighted by Gasteiger charge is 2.18. The second-order valence-electron chi connectivity index (χ2n) is 5.08. The van der Waals surface area contributed by atoms with Gasteiger partial charge in [-0.25, -0.2) is 0 Å². The van der Waals surface area contributed by atoms with E-state index in [1.807, 2.05) is 48.5 Å². The van der Waals surface area contributed by atoms with Crippen LogP contribution in [0.5, 0.6) is 0 Å². The van der Waals surface area contributed by atoms with Gasteiger partial charge in [-0.15, -0.1) is 12.4 Å². The standard InChI is InChI=1S/C17H21NO.ClH/c1-13(18(2)3)15-11-7-8-12-16(15)17(19)14-9-5-4-6-10-14;/h4-13,17,19H,1-3H3;1H. The van der Waals surface area contributed by atoms with Gasteiger partial charge in [0.05, 0.1) is 0 Å². The molecule has 0 saturated heterocycles. The minimum atomic E-state index is -0.570. The summed E-state index contributed by atoms with van der Waals surface area (Å²) in [7, 11) is 4.10. The molecule has 3 heteroatoms. The van der Waals surface area contributed by atoms with Gasteiger partial charge in [0, 0.05) is 6.04 Å². The van der Waals surface area contributed by atoms with Crippen molar-refractivity contribution in [2.45, 2.75) is 19.1 Å². The molecule has 2 aromatic rings. The van der Waals surface area contributed by atoms with Gasteiger partial charge in [0.2, 0.25) is 0 Å². The predicted molar refractivity (Wildman–Crippen MR) is 86.3 cm³/mol. The summed E-state index contributed by atoms with van der Waals surface area (Å²) in [5.41, 5.74) is 3.08. The largest absolute Gasteiger partial charge is 0.384 e. The average molecular weight is 292 g/mol. The number of benzene rings is 2. The van der Waals surface area contributed by atoms with Crippen molar-refractivity contribution in [3.63, 3.8) is 0 Å². The second-order valence-corrected chi connectivity index (χ2v) is 5.08. The normalized spacial score (nSPS) is 13.7. The van der Waals surface area contributed by atoms with Gasteiger partial charge < -0.3 is 10.0 Å². The third-order valence-corrected chi connectivity index (χ3v) is 3.63. The van der Waals surface area contributed by atoms with E-state index in [0.717, 1.165) is 11.1 Å². The summed E-state index contributed by atoms with van der Waals surface area (Å²) in [6.07, 6.45) is -0.570. The quantitative estimate of drug-likeness (QED) is 0.926. The van der Waals surface area contributed by atoms with E-state index in [1.54, 1.807) is 0 Å². The maximum Gasteiger partial charge on any atom is 0.104 e. The Morgan fingerprint density at radius 3 is 1.90 bits per heavy atom. The number of hydrogen-bond donors (Lipinski definition) is 1. The van der Waals surface area contributed by atoms with Crippen molar-refractivity contribution in [3.8, 4) is 0 Å². The highest BCUT2D eigenvalue weighted by molar-refractivity contribution is 5.85. The molecule has 0 heterocycles. The summed E-state index contributed by atoms with van der Waals surface area (Å²) in [5.74, 6) is 0. The smallest absolute Gasteiger partial charge is 0.104 e. The van der Waals surface area contributed by atoms with E-state index in [-0.39, 0.29) is 18.4 Å². The van der Waals surface area contributed by atoms with E-state index in [2.05, 4.69) is 32.0 Å². The zero-order valence-corrected chi connectivity index (χ0v) is 13.0. The molecule has 20 heavy (non-hydrogen) atoms. The van der Waals surface area contributed by atoms with E-state index < -0.39 is 6.10 Å². The fourth-order valence-electron chi connectivity index (χ4n) is 2.23. The summed E-state index contributed by atoms with van der Waals surface area (Å²) in [6, 6.07) is 18.2. The van der Waals surface area contributed by atoms with Crippen LogP contribution in [-0.2, 0) is 0 Å². The summed E-state index contributed by atoms with van der Waals surface area (Å²) >= 11 is 0. The van der Waals surface area contributed by atoms with Crippen LogP contribution in [0.2, 0.25) is 0 Å². The first-order valence-corrected chi connectivity index (χ1v) is 6.59. The van der Waals surface area contributed by atoms with Gasteiger partial charge in [-0.05, 0) is 37.7 Å². The van der Waals surface area contributed by atoms with Gasteiger partial charge in [0.1, 0.15) is 6.10 Å². The number of halogens is 1. The molecule has 2 rings (SSSR count). The molecule has 0 aliphatic carbocycles. The number of rotatable bonds is 4. The van der Waals surface area contributed by atoms with E-state index in [9.17, 15) is 5.11 Å². The molecular formula is C17H22ClNO. The van der Waals surface area contributed by atoms with E-state index in [0.29, 0.717) is 0 Å². The van der Waals surface area contributed by atoms with E-state index in [1.165, 1.54) is 5.56 Å². The summed E-state index contributed by atoms with van der Waals surface area (Å²) in [6.45, 7) is 2.15. The molecule has 2 unspecified atom stereocenters. The van der Waals surface area contributed by atoms with Crippen molar-refractivity contribution in [2.24, 2.45) is 0 Å². The van der Waals surface area contributed by atoms with Crippen molar-refractivity contribution in [3.05, 3.63) is 71.3 Å². The third-order valence-electron chi connectivity index (χ3n) is 3.63. The number of hydrogen-bond acceptors (Lipinski definition) is 2. The van der Waals surface area contributed by atoms with Crippen LogP contribution in [0.4, 0.5) is 0 Å². The Hall–Kier alpha value is -1.35. The predicted octanol–water partition coefficient (Wildman–Crippen LogP) is 3.81. The minimum Gasteiger partial charge on any atom is -0.384 e. The van der Waals surface area contributed by atoms with Gasteiger partial charge in [-0.3, -0.25) is 0 Å². The first-order valence-electron chi connectivity index (χ1n) is 6.59. The molecule has 108 valence electrons. The average Bonchev–Trinajstić information content (AvgIpc) is 2.46. The van der Waals surface area contributed by atoms with Crippen LogP contribution in [0.15, 0.2) is 54.6 Å². The molecule has 0 aliphatic rings. The van der Waals surface area contributed by atoms with Gasteiger partial charge in [0.25, 0.3) is 0 Å². The lowest BCUT2D eigenvalue weighted by Gasteiger charge is -2.25. The molecule has 0 fully saturated rings. The lowest BCUT2D eigenvalue weighted by atomic mass is 9.93. The zero-order valence-electron chi connectivity index (χ0n) is 12.2. The Morgan fingerprint density at radius 2 is 1.35 bits per heavy atom. The summed E-state index contributed by atoms with van der Waals surface area (Å²) in [5, 5.41) is 10.6. The molecule has 0 amide bonds. The maximum atomic E-state index is 10.6. The lowest BCUT2D eigenvalue weighted by molar-refractivity contribution is 0.215. The maximum absolute atomic E-state index is 10.6. The van der Waals surface area contributed by atoms with Crippen molar-refractivity contribution in [2.75, 3.05) is 14.1 Å². The minimum absolute atomic E-state index is 0. The Kier molecular flexibility index (Phi) is 6.21. The lowest BCUT2D eigenvalue weighted by Crippen LogP contribution is -2.19. The zero-order chi connectivity index (χ0) is 13.8. The SMILES string of the molecule is CC(c1ccccc1C(O)c1ccccc1)N(C)C.Cl. The topological polar surface area (TPSA) is 23.5 Å². The van der Waals surface area contributed by atoms with Gasteiger partial charge in [0.15, 0.2) is 0 Å². The molecule has 0 aliphatic heterocycles. The van der Waals surface area contributed by atoms with E-state index in [4.69, 9.17) is 0 Å². The Balaban J connectivity index is 0.00000200. The Morgan fingerprint density at radius 1 is 0.850 bits per heavy atom. The molecule has 0 bridgehead atoms. The van der Waals surface area contributed by atoms with Crippen molar-refractivity contribution in [1.29, 1.82) is 0 Å². The number of nitrogens with zero attached hydrogens (tertiary/aromatic N) is 1. The van der Waals surface area contributed by atoms with E-state index >= 15 is 0 Å². The molecule has 0 spiro atoms. The van der Waals surface area contributed by atoms with Crippen LogP contribution in [0.3, 0.4) is 0 Å². The number of aliphatic hydroxyl groups is 1. The first kappa shape index (κ1) is 16.7. The highest BCUT2D eigenvalue weighted by atomic mass is 35.5. The molecular weight excluding hydrogens is 270 g/mol. The molecule has 2 aromatic carbocycles. The highest BCUT2D eigenvalue weighted by Crippen LogP contribution is 2.30. The first-order chi connectivity index (χ1) is 9.11. The van der Waals surface area contributed by atoms with Gasteiger partial charge >= 0.3 is 0 Å². The van der Waals surface area contributed by atoms with Gasteiger partial charge in [-0.2, -0.15) is 0 Å². The molecule has 2 atom stereocenters. The molecule has 2 nitrogen and oxygen atoms in total. The molecule has 1 N–H and O–H groups in total. The van der Waals surface area contributed by atoms with Crippen LogP contribution < -0.4 is 0 Å². The number of aliphatic hydroxyl groups excluding tert-OH is 1. The van der Waals surface area contributed by atoms with Crippen LogP contribution in [0, 0.1) is 0 Å².